The molecule has 0 unspecified atom stereocenters. The van der Waals surface area contributed by atoms with Crippen LogP contribution in [0.15, 0.2) is 59.0 Å². The van der Waals surface area contributed by atoms with Crippen LogP contribution in [0.4, 0.5) is 0 Å². The average Bonchev–Trinajstić information content (AvgIpc) is 3.14. The highest BCUT2D eigenvalue weighted by Crippen LogP contribution is 2.32. The molecule has 0 aliphatic carbocycles. The van der Waals surface area contributed by atoms with Crippen LogP contribution in [0.25, 0.3) is 22.0 Å². The highest BCUT2D eigenvalue weighted by molar-refractivity contribution is 6.05. The normalized spacial score (nSPS) is 11.6. The summed E-state index contributed by atoms with van der Waals surface area (Å²) in [5.41, 5.74) is 4.90. The number of benzene rings is 2. The summed E-state index contributed by atoms with van der Waals surface area (Å²) < 4.78 is 7.97. The number of hydrogen-bond acceptors (Lipinski definition) is 3. The number of hydrogen-bond donors (Lipinski definition) is 2. The monoisotopic (exact) mass is 307 g/mol. The summed E-state index contributed by atoms with van der Waals surface area (Å²) in [6, 6.07) is 17.9. The quantitative estimate of drug-likeness (QED) is 0.607. The molecule has 0 amide bonds. The summed E-state index contributed by atoms with van der Waals surface area (Å²) in [6.07, 6.45) is 0. The smallest absolute Gasteiger partial charge is 0.160 e. The van der Waals surface area contributed by atoms with E-state index in [9.17, 15) is 10.2 Å². The Morgan fingerprint density at radius 1 is 0.826 bits per heavy atom. The summed E-state index contributed by atoms with van der Waals surface area (Å²) in [6.45, 7) is 0.612. The van der Waals surface area contributed by atoms with Crippen molar-refractivity contribution in [2.75, 3.05) is 0 Å². The van der Waals surface area contributed by atoms with Crippen LogP contribution in [0.1, 0.15) is 16.9 Å². The molecule has 0 radical (unpaired) electrons. The van der Waals surface area contributed by atoms with E-state index in [1.54, 1.807) is 0 Å². The lowest BCUT2D eigenvalue weighted by Gasteiger charge is -2.08. The van der Waals surface area contributed by atoms with E-state index < -0.39 is 0 Å². The summed E-state index contributed by atoms with van der Waals surface area (Å²) in [7, 11) is 0. The third kappa shape index (κ3) is 2.32. The molecule has 0 aliphatic heterocycles. The molecule has 4 heteroatoms. The van der Waals surface area contributed by atoms with Crippen molar-refractivity contribution in [3.63, 3.8) is 0 Å². The molecule has 2 N–H and O–H groups in total. The highest BCUT2D eigenvalue weighted by atomic mass is 16.4. The van der Waals surface area contributed by atoms with Gasteiger partial charge in [-0.1, -0.05) is 36.4 Å². The third-order valence-corrected chi connectivity index (χ3v) is 4.16. The zero-order chi connectivity index (χ0) is 15.8. The van der Waals surface area contributed by atoms with Crippen LogP contribution in [0.3, 0.4) is 0 Å². The molecule has 0 saturated heterocycles. The van der Waals surface area contributed by atoms with Gasteiger partial charge in [0.15, 0.2) is 5.58 Å². The molecule has 0 saturated carbocycles. The minimum Gasteiger partial charge on any atom is -0.456 e. The van der Waals surface area contributed by atoms with Gasteiger partial charge in [0.05, 0.1) is 17.6 Å². The van der Waals surface area contributed by atoms with Crippen molar-refractivity contribution >= 4 is 22.0 Å². The van der Waals surface area contributed by atoms with Crippen molar-refractivity contribution in [3.8, 4) is 0 Å². The van der Waals surface area contributed by atoms with Crippen molar-refractivity contribution in [1.82, 2.24) is 4.57 Å². The van der Waals surface area contributed by atoms with Gasteiger partial charge in [-0.25, -0.2) is 0 Å². The Kier molecular flexibility index (Phi) is 3.41. The lowest BCUT2D eigenvalue weighted by Crippen LogP contribution is -1.99. The number of rotatable bonds is 4. The Bertz CT molecular complexity index is 981. The van der Waals surface area contributed by atoms with Gasteiger partial charge >= 0.3 is 0 Å². The number of furan rings is 1. The number of nitrogens with zero attached hydrogens (tertiary/aromatic N) is 1. The topological polar surface area (TPSA) is 58.5 Å². The van der Waals surface area contributed by atoms with Crippen molar-refractivity contribution in [1.29, 1.82) is 0 Å². The molecule has 0 atom stereocenters. The minimum absolute atomic E-state index is 0.0377. The molecule has 4 nitrogen and oxygen atoms in total. The number of aromatic nitrogens is 1. The van der Waals surface area contributed by atoms with Crippen LogP contribution in [0, 0.1) is 0 Å². The molecule has 4 aromatic rings. The van der Waals surface area contributed by atoms with Crippen LogP contribution in [0.5, 0.6) is 0 Å². The molecule has 2 heterocycles. The van der Waals surface area contributed by atoms with Gasteiger partial charge in [0.2, 0.25) is 0 Å². The number of aliphatic hydroxyl groups excluding tert-OH is 2. The molecule has 2 aromatic heterocycles. The van der Waals surface area contributed by atoms with Crippen LogP contribution in [-0.2, 0) is 19.8 Å². The fraction of sp³-hybridized carbons (Fsp3) is 0.158. The van der Waals surface area contributed by atoms with Crippen molar-refractivity contribution in [2.45, 2.75) is 19.8 Å². The first kappa shape index (κ1) is 14.1. The first-order chi connectivity index (χ1) is 11.3. The number of fused-ring (bicyclic) bond motifs is 3. The molecule has 4 rings (SSSR count). The van der Waals surface area contributed by atoms with Gasteiger partial charge in [0.1, 0.15) is 12.4 Å². The fourth-order valence-electron chi connectivity index (χ4n) is 3.11. The summed E-state index contributed by atoms with van der Waals surface area (Å²) in [4.78, 5) is 0. The summed E-state index contributed by atoms with van der Waals surface area (Å²) >= 11 is 0. The van der Waals surface area contributed by atoms with Gasteiger partial charge < -0.3 is 19.2 Å². The zero-order valence-electron chi connectivity index (χ0n) is 12.6. The van der Waals surface area contributed by atoms with E-state index in [4.69, 9.17) is 4.42 Å². The summed E-state index contributed by atoms with van der Waals surface area (Å²) in [5, 5.41) is 19.7. The van der Waals surface area contributed by atoms with E-state index in [0.29, 0.717) is 12.3 Å². The first-order valence-corrected chi connectivity index (χ1v) is 7.59. The number of aliphatic hydroxyl groups is 2. The molecular weight excluding hydrogens is 290 g/mol. The minimum atomic E-state index is -0.108. The van der Waals surface area contributed by atoms with Crippen molar-refractivity contribution < 1.29 is 14.6 Å². The van der Waals surface area contributed by atoms with E-state index in [-0.39, 0.29) is 13.2 Å². The lowest BCUT2D eigenvalue weighted by atomic mass is 10.1. The second kappa shape index (κ2) is 5.57. The Labute approximate surface area is 133 Å². The largest absolute Gasteiger partial charge is 0.456 e. The van der Waals surface area contributed by atoms with Gasteiger partial charge in [-0.2, -0.15) is 0 Å². The lowest BCUT2D eigenvalue weighted by molar-refractivity contribution is 0.251. The van der Waals surface area contributed by atoms with E-state index >= 15 is 0 Å². The van der Waals surface area contributed by atoms with Crippen LogP contribution < -0.4 is 0 Å². The maximum absolute atomic E-state index is 9.35. The van der Waals surface area contributed by atoms with E-state index in [2.05, 4.69) is 10.6 Å². The van der Waals surface area contributed by atoms with E-state index in [1.807, 2.05) is 48.5 Å². The average molecular weight is 307 g/mol. The molecule has 0 fully saturated rings. The maximum Gasteiger partial charge on any atom is 0.160 e. The van der Waals surface area contributed by atoms with E-state index in [1.165, 1.54) is 0 Å². The van der Waals surface area contributed by atoms with Crippen LogP contribution in [0.2, 0.25) is 0 Å². The summed E-state index contributed by atoms with van der Waals surface area (Å²) in [5.74, 6) is 0.568. The van der Waals surface area contributed by atoms with Gasteiger partial charge in [-0.05, 0) is 23.3 Å². The molecular formula is C19H17NO3. The van der Waals surface area contributed by atoms with Gasteiger partial charge in [0, 0.05) is 18.0 Å². The molecule has 0 bridgehead atoms. The molecule has 2 aromatic carbocycles. The third-order valence-electron chi connectivity index (χ3n) is 4.16. The molecule has 116 valence electrons. The Balaban J connectivity index is 1.90. The Morgan fingerprint density at radius 2 is 1.65 bits per heavy atom. The molecule has 0 spiro atoms. The standard InChI is InChI=1S/C19H17NO3/c21-11-14-5-3-4-13(8-14)10-20-17-7-2-1-6-16(17)19-18(20)9-15(12-22)23-19/h1-9,21-22H,10-12H2. The zero-order valence-corrected chi connectivity index (χ0v) is 12.6. The fourth-order valence-corrected chi connectivity index (χ4v) is 3.11. The van der Waals surface area contributed by atoms with Gasteiger partial charge in [-0.15, -0.1) is 0 Å². The number of para-hydroxylation sites is 1. The second-order valence-corrected chi connectivity index (χ2v) is 5.67. The maximum atomic E-state index is 9.35. The molecule has 0 aliphatic rings. The van der Waals surface area contributed by atoms with Gasteiger partial charge in [-0.3, -0.25) is 0 Å². The predicted molar refractivity (Wildman–Crippen MR) is 89.1 cm³/mol. The second-order valence-electron chi connectivity index (χ2n) is 5.67. The Morgan fingerprint density at radius 3 is 2.48 bits per heavy atom. The Hall–Kier alpha value is -2.56. The van der Waals surface area contributed by atoms with Crippen molar-refractivity contribution in [2.24, 2.45) is 0 Å². The predicted octanol–water partition coefficient (Wildman–Crippen LogP) is 3.42. The highest BCUT2D eigenvalue weighted by Gasteiger charge is 2.15. The van der Waals surface area contributed by atoms with Crippen LogP contribution >= 0.6 is 0 Å². The first-order valence-electron chi connectivity index (χ1n) is 7.59. The van der Waals surface area contributed by atoms with Crippen LogP contribution in [-0.4, -0.2) is 14.8 Å². The van der Waals surface area contributed by atoms with Crippen molar-refractivity contribution in [3.05, 3.63) is 71.5 Å². The molecule has 23 heavy (non-hydrogen) atoms. The SMILES string of the molecule is OCc1cccc(Cn2c3ccccc3c3oc(CO)cc32)c1. The van der Waals surface area contributed by atoms with Gasteiger partial charge in [0.25, 0.3) is 0 Å². The van der Waals surface area contributed by atoms with E-state index in [0.717, 1.165) is 33.1 Å².